The van der Waals surface area contributed by atoms with E-state index in [0.29, 0.717) is 5.92 Å². The van der Waals surface area contributed by atoms with Crippen LogP contribution in [0.4, 0.5) is 0 Å². The molecule has 0 radical (unpaired) electrons. The van der Waals surface area contributed by atoms with Gasteiger partial charge < -0.3 is 5.73 Å². The van der Waals surface area contributed by atoms with Crippen LogP contribution in [0.15, 0.2) is 0 Å². The van der Waals surface area contributed by atoms with Gasteiger partial charge >= 0.3 is 0 Å². The van der Waals surface area contributed by atoms with E-state index >= 15 is 0 Å². The van der Waals surface area contributed by atoms with E-state index < -0.39 is 0 Å². The molecule has 0 amide bonds. The van der Waals surface area contributed by atoms with Gasteiger partial charge in [0.1, 0.15) is 0 Å². The number of rotatable bonds is 2. The summed E-state index contributed by atoms with van der Waals surface area (Å²) in [4.78, 5) is 0. The summed E-state index contributed by atoms with van der Waals surface area (Å²) >= 11 is 0. The summed E-state index contributed by atoms with van der Waals surface area (Å²) in [5.41, 5.74) is 6.62. The van der Waals surface area contributed by atoms with Crippen LogP contribution in [0, 0.1) is 17.8 Å². The van der Waals surface area contributed by atoms with E-state index in [9.17, 15) is 0 Å². The van der Waals surface area contributed by atoms with Crippen molar-refractivity contribution in [2.75, 3.05) is 0 Å². The quantitative estimate of drug-likeness (QED) is 0.699. The maximum absolute atomic E-state index is 6.49. The van der Waals surface area contributed by atoms with Crippen LogP contribution in [0.5, 0.6) is 0 Å². The third-order valence-corrected chi connectivity index (χ3v) is 3.85. The van der Waals surface area contributed by atoms with Crippen LogP contribution in [0.2, 0.25) is 0 Å². The Morgan fingerprint density at radius 2 is 2.00 bits per heavy atom. The van der Waals surface area contributed by atoms with Gasteiger partial charge in [-0.1, -0.05) is 40.5 Å². The first kappa shape index (κ1) is 11.0. The topological polar surface area (TPSA) is 26.0 Å². The van der Waals surface area contributed by atoms with Gasteiger partial charge in [-0.05, 0) is 30.6 Å². The van der Waals surface area contributed by atoms with Gasteiger partial charge in [0.15, 0.2) is 0 Å². The van der Waals surface area contributed by atoms with Crippen molar-refractivity contribution < 1.29 is 0 Å². The molecule has 0 spiro atoms. The Morgan fingerprint density at radius 3 is 2.54 bits per heavy atom. The molecule has 0 saturated heterocycles. The predicted octanol–water partition coefficient (Wildman–Crippen LogP) is 3.19. The zero-order valence-corrected chi connectivity index (χ0v) is 9.64. The third kappa shape index (κ3) is 2.46. The van der Waals surface area contributed by atoms with E-state index in [1.807, 2.05) is 0 Å². The molecule has 1 aliphatic rings. The van der Waals surface area contributed by atoms with Crippen LogP contribution in [0.1, 0.15) is 53.4 Å². The lowest BCUT2D eigenvalue weighted by Gasteiger charge is -2.44. The second-order valence-corrected chi connectivity index (χ2v) is 5.49. The molecule has 0 bridgehead atoms. The zero-order chi connectivity index (χ0) is 10.1. The van der Waals surface area contributed by atoms with E-state index in [2.05, 4.69) is 27.7 Å². The van der Waals surface area contributed by atoms with Crippen molar-refractivity contribution in [2.45, 2.75) is 58.9 Å². The van der Waals surface area contributed by atoms with Crippen LogP contribution in [-0.4, -0.2) is 5.54 Å². The molecule has 78 valence electrons. The molecule has 3 atom stereocenters. The highest BCUT2D eigenvalue weighted by atomic mass is 14.8. The van der Waals surface area contributed by atoms with Gasteiger partial charge in [-0.25, -0.2) is 0 Å². The average molecular weight is 183 g/mol. The van der Waals surface area contributed by atoms with Gasteiger partial charge in [0.2, 0.25) is 0 Å². The highest BCUT2D eigenvalue weighted by Crippen LogP contribution is 2.39. The normalized spacial score (nSPS) is 41.1. The Hall–Kier alpha value is -0.0400. The van der Waals surface area contributed by atoms with Crippen molar-refractivity contribution in [3.63, 3.8) is 0 Å². The molecule has 2 N–H and O–H groups in total. The molecule has 0 heterocycles. The number of hydrogen-bond acceptors (Lipinski definition) is 1. The van der Waals surface area contributed by atoms with Gasteiger partial charge in [0.05, 0.1) is 0 Å². The van der Waals surface area contributed by atoms with Gasteiger partial charge in [-0.3, -0.25) is 0 Å². The molecule has 0 aromatic heterocycles. The number of nitrogens with two attached hydrogens (primary N) is 1. The number of hydrogen-bond donors (Lipinski definition) is 1. The van der Waals surface area contributed by atoms with Crippen molar-refractivity contribution in [3.8, 4) is 0 Å². The Balaban J connectivity index is 2.63. The molecular weight excluding hydrogens is 158 g/mol. The fourth-order valence-electron chi connectivity index (χ4n) is 2.85. The predicted molar refractivity (Wildman–Crippen MR) is 58.6 cm³/mol. The van der Waals surface area contributed by atoms with Crippen molar-refractivity contribution in [2.24, 2.45) is 23.5 Å². The van der Waals surface area contributed by atoms with Gasteiger partial charge in [0.25, 0.3) is 0 Å². The molecule has 1 aliphatic carbocycles. The lowest BCUT2D eigenvalue weighted by atomic mass is 9.66. The van der Waals surface area contributed by atoms with Crippen LogP contribution in [-0.2, 0) is 0 Å². The maximum atomic E-state index is 6.49. The maximum Gasteiger partial charge on any atom is 0.0185 e. The first-order valence-corrected chi connectivity index (χ1v) is 5.74. The first-order valence-electron chi connectivity index (χ1n) is 5.74. The van der Waals surface area contributed by atoms with Crippen LogP contribution in [0.3, 0.4) is 0 Å². The average Bonchev–Trinajstić information content (AvgIpc) is 1.99. The molecule has 1 nitrogen and oxygen atoms in total. The van der Waals surface area contributed by atoms with Gasteiger partial charge in [-0.2, -0.15) is 0 Å². The van der Waals surface area contributed by atoms with E-state index in [-0.39, 0.29) is 5.54 Å². The lowest BCUT2D eigenvalue weighted by Crippen LogP contribution is -2.51. The van der Waals surface area contributed by atoms with Gasteiger partial charge in [-0.15, -0.1) is 0 Å². The molecule has 1 rings (SSSR count). The van der Waals surface area contributed by atoms with Crippen LogP contribution >= 0.6 is 0 Å². The van der Waals surface area contributed by atoms with Crippen molar-refractivity contribution >= 4 is 0 Å². The Bertz CT molecular complexity index is 165. The minimum absolute atomic E-state index is 0.131. The van der Waals surface area contributed by atoms with Crippen LogP contribution in [0.25, 0.3) is 0 Å². The highest BCUT2D eigenvalue weighted by Gasteiger charge is 2.38. The van der Waals surface area contributed by atoms with Crippen molar-refractivity contribution in [1.29, 1.82) is 0 Å². The molecule has 1 heteroatoms. The summed E-state index contributed by atoms with van der Waals surface area (Å²) in [7, 11) is 0. The summed E-state index contributed by atoms with van der Waals surface area (Å²) in [6.07, 6.45) is 5.13. The Labute approximate surface area is 83.1 Å². The lowest BCUT2D eigenvalue weighted by molar-refractivity contribution is 0.121. The molecule has 0 aromatic carbocycles. The second-order valence-electron chi connectivity index (χ2n) is 5.49. The molecule has 3 unspecified atom stereocenters. The zero-order valence-electron chi connectivity index (χ0n) is 9.64. The molecule has 0 aliphatic heterocycles. The summed E-state index contributed by atoms with van der Waals surface area (Å²) in [5, 5.41) is 0. The van der Waals surface area contributed by atoms with E-state index in [1.165, 1.54) is 25.7 Å². The highest BCUT2D eigenvalue weighted by molar-refractivity contribution is 4.95. The second kappa shape index (κ2) is 4.00. The third-order valence-electron chi connectivity index (χ3n) is 3.85. The van der Waals surface area contributed by atoms with Gasteiger partial charge in [0, 0.05) is 5.54 Å². The fourth-order valence-corrected chi connectivity index (χ4v) is 2.85. The largest absolute Gasteiger partial charge is 0.325 e. The van der Waals surface area contributed by atoms with E-state index in [4.69, 9.17) is 5.73 Å². The molecule has 13 heavy (non-hydrogen) atoms. The minimum atomic E-state index is 0.131. The summed E-state index contributed by atoms with van der Waals surface area (Å²) in [6, 6.07) is 0. The smallest absolute Gasteiger partial charge is 0.0185 e. The molecule has 0 aromatic rings. The Kier molecular flexibility index (Phi) is 3.39. The summed E-state index contributed by atoms with van der Waals surface area (Å²) < 4.78 is 0. The van der Waals surface area contributed by atoms with Crippen molar-refractivity contribution in [1.82, 2.24) is 0 Å². The van der Waals surface area contributed by atoms with E-state index in [1.54, 1.807) is 0 Å². The van der Waals surface area contributed by atoms with Crippen LogP contribution < -0.4 is 5.73 Å². The Morgan fingerprint density at radius 1 is 1.38 bits per heavy atom. The summed E-state index contributed by atoms with van der Waals surface area (Å²) in [5.74, 6) is 2.25. The SMILES string of the molecule is CC(C)CC1(N)CCCC(C)C1C. The molecular formula is C12H25N. The first-order chi connectivity index (χ1) is 5.96. The fraction of sp³-hybridized carbons (Fsp3) is 1.00. The monoisotopic (exact) mass is 183 g/mol. The molecule has 1 fully saturated rings. The standard InChI is InChI=1S/C12H25N/c1-9(2)8-12(13)7-5-6-10(3)11(12)4/h9-11H,5-8,13H2,1-4H3. The van der Waals surface area contributed by atoms with Crippen molar-refractivity contribution in [3.05, 3.63) is 0 Å². The van der Waals surface area contributed by atoms with E-state index in [0.717, 1.165) is 11.8 Å². The minimum Gasteiger partial charge on any atom is -0.325 e. The molecule has 1 saturated carbocycles. The summed E-state index contributed by atoms with van der Waals surface area (Å²) in [6.45, 7) is 9.25.